The van der Waals surface area contributed by atoms with Crippen molar-refractivity contribution in [2.24, 2.45) is 5.41 Å². The Kier molecular flexibility index (Phi) is 12.2. The topological polar surface area (TPSA) is 126 Å². The highest BCUT2D eigenvalue weighted by molar-refractivity contribution is 5.90. The van der Waals surface area contributed by atoms with E-state index in [9.17, 15) is 32.3 Å². The van der Waals surface area contributed by atoms with Crippen LogP contribution in [0.1, 0.15) is 58.1 Å². The average molecular weight is 627 g/mol. The van der Waals surface area contributed by atoms with Crippen molar-refractivity contribution in [2.75, 3.05) is 11.9 Å². The first-order chi connectivity index (χ1) is 21.2. The fourth-order valence-electron chi connectivity index (χ4n) is 4.42. The zero-order valence-corrected chi connectivity index (χ0v) is 25.3. The summed E-state index contributed by atoms with van der Waals surface area (Å²) in [7, 11) is 0. The van der Waals surface area contributed by atoms with Gasteiger partial charge in [-0.15, -0.1) is 0 Å². The van der Waals surface area contributed by atoms with Crippen LogP contribution in [-0.2, 0) is 23.9 Å². The van der Waals surface area contributed by atoms with E-state index in [4.69, 9.17) is 0 Å². The molecule has 0 saturated carbocycles. The third-order valence-corrected chi connectivity index (χ3v) is 6.78. The van der Waals surface area contributed by atoms with E-state index in [1.165, 1.54) is 0 Å². The van der Waals surface area contributed by atoms with Crippen LogP contribution in [0.15, 0.2) is 79.0 Å². The van der Waals surface area contributed by atoms with Crippen LogP contribution in [-0.4, -0.2) is 47.5 Å². The quantitative estimate of drug-likeness (QED) is 0.125. The van der Waals surface area contributed by atoms with E-state index in [2.05, 4.69) is 25.7 Å². The maximum absolute atomic E-state index is 13.6. The molecule has 0 aliphatic heterocycles. The number of alkyl halides is 3. The van der Waals surface area contributed by atoms with Gasteiger partial charge in [0, 0.05) is 19.2 Å². The van der Waals surface area contributed by atoms with Crippen LogP contribution in [0, 0.1) is 5.41 Å². The van der Waals surface area contributed by atoms with E-state index in [1.807, 2.05) is 48.5 Å². The molecule has 3 aromatic rings. The van der Waals surface area contributed by atoms with Gasteiger partial charge in [-0.1, -0.05) is 81.4 Å². The number of hydrogen-bond donors (Lipinski definition) is 3. The Bertz CT molecular complexity index is 1430. The molecular formula is C33H37F3N4O5. The first-order valence-corrected chi connectivity index (χ1v) is 14.5. The summed E-state index contributed by atoms with van der Waals surface area (Å²) in [6.45, 7) is 5.84. The highest BCUT2D eigenvalue weighted by atomic mass is 19.4. The number of nitrogens with one attached hydrogen (secondary N) is 3. The predicted octanol–water partition coefficient (Wildman–Crippen LogP) is 5.74. The molecule has 2 aromatic carbocycles. The Labute approximate surface area is 260 Å². The molecule has 3 rings (SSSR count). The summed E-state index contributed by atoms with van der Waals surface area (Å²) >= 11 is 0. The first-order valence-electron chi connectivity index (χ1n) is 14.5. The van der Waals surface area contributed by atoms with Gasteiger partial charge in [0.05, 0.1) is 12.5 Å². The van der Waals surface area contributed by atoms with Crippen molar-refractivity contribution in [3.63, 3.8) is 0 Å². The van der Waals surface area contributed by atoms with Gasteiger partial charge in [0.15, 0.2) is 0 Å². The van der Waals surface area contributed by atoms with Crippen LogP contribution in [0.4, 0.5) is 19.0 Å². The van der Waals surface area contributed by atoms with E-state index in [0.29, 0.717) is 24.9 Å². The maximum atomic E-state index is 13.6. The van der Waals surface area contributed by atoms with Crippen LogP contribution in [0.2, 0.25) is 0 Å². The Morgan fingerprint density at radius 2 is 1.47 bits per heavy atom. The van der Waals surface area contributed by atoms with E-state index in [0.717, 1.165) is 16.9 Å². The van der Waals surface area contributed by atoms with Crippen molar-refractivity contribution in [1.82, 2.24) is 15.6 Å². The fraction of sp³-hybridized carbons (Fsp3) is 0.364. The lowest BCUT2D eigenvalue weighted by atomic mass is 9.85. The number of benzene rings is 2. The van der Waals surface area contributed by atoms with Crippen LogP contribution < -0.4 is 16.0 Å². The van der Waals surface area contributed by atoms with Crippen molar-refractivity contribution < 1.29 is 37.1 Å². The number of carbonyl (C=O) groups is 4. The SMILES string of the molecule is CC(C)(C)[C@H](NC(=O)CCCCNc1ccccn1)C(=O)NC(CC(=O)OC(=O)C(F)(F)F)c1ccc(-c2ccccc2)cc1. The minimum Gasteiger partial charge on any atom is -0.386 e. The summed E-state index contributed by atoms with van der Waals surface area (Å²) in [5, 5.41) is 8.59. The zero-order chi connectivity index (χ0) is 33.0. The molecule has 1 heterocycles. The highest BCUT2D eigenvalue weighted by Gasteiger charge is 2.43. The number of anilines is 1. The monoisotopic (exact) mass is 626 g/mol. The van der Waals surface area contributed by atoms with Gasteiger partial charge in [0.25, 0.3) is 0 Å². The summed E-state index contributed by atoms with van der Waals surface area (Å²) in [4.78, 5) is 54.2. The Morgan fingerprint density at radius 1 is 0.822 bits per heavy atom. The third-order valence-electron chi connectivity index (χ3n) is 6.78. The highest BCUT2D eigenvalue weighted by Crippen LogP contribution is 2.26. The Morgan fingerprint density at radius 3 is 2.07 bits per heavy atom. The largest absolute Gasteiger partial charge is 0.491 e. The molecule has 0 bridgehead atoms. The van der Waals surface area contributed by atoms with Gasteiger partial charge >= 0.3 is 18.1 Å². The minimum atomic E-state index is -5.36. The van der Waals surface area contributed by atoms with Crippen LogP contribution in [0.25, 0.3) is 11.1 Å². The third kappa shape index (κ3) is 11.4. The second kappa shape index (κ2) is 15.8. The molecule has 2 amide bonds. The van der Waals surface area contributed by atoms with Crippen molar-refractivity contribution in [2.45, 2.75) is 64.7 Å². The van der Waals surface area contributed by atoms with Crippen molar-refractivity contribution in [3.05, 3.63) is 84.6 Å². The molecule has 2 atom stereocenters. The number of ether oxygens (including phenoxy) is 1. The van der Waals surface area contributed by atoms with Crippen molar-refractivity contribution in [1.29, 1.82) is 0 Å². The molecule has 45 heavy (non-hydrogen) atoms. The molecule has 9 nitrogen and oxygen atoms in total. The first kappa shape index (κ1) is 34.7. The lowest BCUT2D eigenvalue weighted by Gasteiger charge is -2.32. The van der Waals surface area contributed by atoms with Crippen LogP contribution in [0.3, 0.4) is 0 Å². The number of esters is 2. The van der Waals surface area contributed by atoms with Crippen LogP contribution >= 0.6 is 0 Å². The summed E-state index contributed by atoms with van der Waals surface area (Å²) in [5.74, 6) is -4.40. The van der Waals surface area contributed by atoms with E-state index in [-0.39, 0.29) is 12.3 Å². The van der Waals surface area contributed by atoms with Gasteiger partial charge in [-0.3, -0.25) is 14.4 Å². The number of nitrogens with zero attached hydrogens (tertiary/aromatic N) is 1. The predicted molar refractivity (Wildman–Crippen MR) is 162 cm³/mol. The standard InChI is InChI=1S/C33H37F3N4O5/c1-32(2,3)29(40-27(41)14-8-10-20-38-26-13-7-9-19-37-26)30(43)39-25(21-28(42)45-31(44)33(34,35)36)24-17-15-23(16-18-24)22-11-5-4-6-12-22/h4-7,9,11-13,15-19,25,29H,8,10,14,20-21H2,1-3H3,(H,37,38)(H,39,43)(H,40,41)/t25?,29-/m1/s1. The second-order valence-corrected chi connectivity index (χ2v) is 11.5. The van der Waals surface area contributed by atoms with Gasteiger partial charge in [-0.2, -0.15) is 13.2 Å². The molecule has 0 aliphatic carbocycles. The zero-order valence-electron chi connectivity index (χ0n) is 25.3. The van der Waals surface area contributed by atoms with E-state index >= 15 is 0 Å². The number of pyridine rings is 1. The number of carbonyl (C=O) groups excluding carboxylic acids is 4. The van der Waals surface area contributed by atoms with Crippen molar-refractivity contribution >= 4 is 29.6 Å². The lowest BCUT2D eigenvalue weighted by molar-refractivity contribution is -0.202. The molecule has 0 aliphatic rings. The molecule has 1 unspecified atom stereocenters. The molecule has 3 N–H and O–H groups in total. The molecule has 12 heteroatoms. The number of aromatic nitrogens is 1. The number of hydrogen-bond acceptors (Lipinski definition) is 7. The summed E-state index contributed by atoms with van der Waals surface area (Å²) in [6.07, 6.45) is -3.08. The van der Waals surface area contributed by atoms with Gasteiger partial charge in [-0.25, -0.2) is 9.78 Å². The molecule has 0 spiro atoms. The Hall–Kier alpha value is -4.74. The molecule has 0 fully saturated rings. The van der Waals surface area contributed by atoms with Gasteiger partial charge in [0.1, 0.15) is 11.9 Å². The number of unbranched alkanes of at least 4 members (excludes halogenated alkanes) is 1. The van der Waals surface area contributed by atoms with Gasteiger partial charge < -0.3 is 20.7 Å². The Balaban J connectivity index is 1.70. The molecule has 240 valence electrons. The van der Waals surface area contributed by atoms with E-state index in [1.54, 1.807) is 51.2 Å². The summed E-state index contributed by atoms with van der Waals surface area (Å²) in [5.41, 5.74) is 1.35. The van der Waals surface area contributed by atoms with Gasteiger partial charge in [-0.05, 0) is 47.1 Å². The second-order valence-electron chi connectivity index (χ2n) is 11.5. The minimum absolute atomic E-state index is 0.153. The smallest absolute Gasteiger partial charge is 0.386 e. The fourth-order valence-corrected chi connectivity index (χ4v) is 4.42. The normalized spacial score (nSPS) is 12.8. The molecule has 0 radical (unpaired) electrons. The van der Waals surface area contributed by atoms with Crippen molar-refractivity contribution in [3.8, 4) is 11.1 Å². The molecular weight excluding hydrogens is 589 g/mol. The average Bonchev–Trinajstić information content (AvgIpc) is 2.99. The molecule has 0 saturated heterocycles. The summed E-state index contributed by atoms with van der Waals surface area (Å²) < 4.78 is 42.1. The number of rotatable bonds is 13. The maximum Gasteiger partial charge on any atom is 0.491 e. The summed E-state index contributed by atoms with van der Waals surface area (Å²) in [6, 6.07) is 19.4. The van der Waals surface area contributed by atoms with E-state index < -0.39 is 47.9 Å². The van der Waals surface area contributed by atoms with Gasteiger partial charge in [0.2, 0.25) is 11.8 Å². The lowest BCUT2D eigenvalue weighted by Crippen LogP contribution is -2.54. The number of amides is 2. The number of halogens is 3. The van der Waals surface area contributed by atoms with Crippen LogP contribution in [0.5, 0.6) is 0 Å². The molecule has 1 aromatic heterocycles.